The fraction of sp³-hybridized carbons (Fsp3) is 0.125. The van der Waals surface area contributed by atoms with E-state index in [1.54, 1.807) is 18.2 Å². The number of aromatic hydroxyl groups is 1. The van der Waals surface area contributed by atoms with Crippen molar-refractivity contribution in [3.63, 3.8) is 0 Å². The summed E-state index contributed by atoms with van der Waals surface area (Å²) in [5, 5.41) is 17.5. The first-order valence-electron chi connectivity index (χ1n) is 3.19. The third kappa shape index (κ3) is 2.94. The zero-order chi connectivity index (χ0) is 8.27. The van der Waals surface area contributed by atoms with Crippen LogP contribution >= 0.6 is 0 Å². The molecule has 1 aromatic carbocycles. The van der Waals surface area contributed by atoms with E-state index in [1.807, 2.05) is 0 Å². The number of carboxylic acid groups (broad SMARTS) is 1. The predicted molar refractivity (Wildman–Crippen MR) is 39.4 cm³/mol. The number of para-hydroxylation sites is 1. The largest absolute Gasteiger partial charge is 0.508 e. The first kappa shape index (κ1) is 11.0. The summed E-state index contributed by atoms with van der Waals surface area (Å²) in [7, 11) is 0. The Morgan fingerprint density at radius 2 is 1.92 bits per heavy atom. The maximum Gasteiger partial charge on any atom is 0.307 e. The molecule has 0 bridgehead atoms. The van der Waals surface area contributed by atoms with Crippen LogP contribution in [0.5, 0.6) is 5.75 Å². The van der Waals surface area contributed by atoms with Crippen LogP contribution in [0.3, 0.4) is 0 Å². The summed E-state index contributed by atoms with van der Waals surface area (Å²) < 4.78 is 0. The quantitative estimate of drug-likeness (QED) is 0.725. The number of hydrogen-bond acceptors (Lipinski definition) is 2. The van der Waals surface area contributed by atoms with Crippen LogP contribution in [0.1, 0.15) is 5.56 Å². The molecule has 2 N–H and O–H groups in total. The van der Waals surface area contributed by atoms with Crippen molar-refractivity contribution in [1.29, 1.82) is 0 Å². The monoisotopic (exact) mass is 215 g/mol. The molecule has 0 saturated carbocycles. The second kappa shape index (κ2) is 4.80. The Morgan fingerprint density at radius 3 is 2.42 bits per heavy atom. The van der Waals surface area contributed by atoms with Gasteiger partial charge in [-0.3, -0.25) is 4.79 Å². The van der Waals surface area contributed by atoms with E-state index in [2.05, 4.69) is 0 Å². The molecule has 0 spiro atoms. The van der Waals surface area contributed by atoms with Crippen molar-refractivity contribution in [1.82, 2.24) is 0 Å². The maximum atomic E-state index is 10.2. The summed E-state index contributed by atoms with van der Waals surface area (Å²) in [6, 6.07) is 6.40. The zero-order valence-corrected chi connectivity index (χ0v) is 7.06. The minimum atomic E-state index is -0.938. The molecule has 1 rings (SSSR count). The Hall–Kier alpha value is -0.991. The summed E-state index contributed by atoms with van der Waals surface area (Å²) in [5.41, 5.74) is 0.444. The fourth-order valence-electron chi connectivity index (χ4n) is 0.823. The first-order chi connectivity index (χ1) is 5.20. The van der Waals surface area contributed by atoms with Crippen LogP contribution in [0.15, 0.2) is 24.3 Å². The van der Waals surface area contributed by atoms with Gasteiger partial charge in [-0.2, -0.15) is 0 Å². The Kier molecular flexibility index (Phi) is 4.40. The van der Waals surface area contributed by atoms with Gasteiger partial charge in [0.15, 0.2) is 0 Å². The van der Waals surface area contributed by atoms with Crippen LogP contribution in [-0.2, 0) is 28.3 Å². The molecule has 4 heteroatoms. The van der Waals surface area contributed by atoms with E-state index < -0.39 is 5.97 Å². The van der Waals surface area contributed by atoms with Crippen molar-refractivity contribution >= 4 is 5.97 Å². The minimum Gasteiger partial charge on any atom is -0.508 e. The zero-order valence-electron chi connectivity index (χ0n) is 6.12. The van der Waals surface area contributed by atoms with E-state index in [-0.39, 0.29) is 29.2 Å². The molecule has 0 heterocycles. The SMILES string of the molecule is O=C(O)Cc1ccccc1O.[Cu]. The van der Waals surface area contributed by atoms with E-state index in [0.717, 1.165) is 0 Å². The average molecular weight is 216 g/mol. The molecular weight excluding hydrogens is 208 g/mol. The van der Waals surface area contributed by atoms with Gasteiger partial charge in [0.05, 0.1) is 6.42 Å². The van der Waals surface area contributed by atoms with Gasteiger partial charge in [0.25, 0.3) is 0 Å². The van der Waals surface area contributed by atoms with Gasteiger partial charge < -0.3 is 10.2 Å². The molecule has 3 nitrogen and oxygen atoms in total. The van der Waals surface area contributed by atoms with Crippen molar-refractivity contribution in [2.45, 2.75) is 6.42 Å². The molecule has 0 amide bonds. The molecule has 12 heavy (non-hydrogen) atoms. The molecule has 69 valence electrons. The average Bonchev–Trinajstić information content (AvgIpc) is 1.93. The number of carboxylic acids is 1. The van der Waals surface area contributed by atoms with Crippen molar-refractivity contribution < 1.29 is 32.1 Å². The Balaban J connectivity index is 0.00000121. The third-order valence-corrected chi connectivity index (χ3v) is 1.33. The van der Waals surface area contributed by atoms with E-state index in [0.29, 0.717) is 5.56 Å². The van der Waals surface area contributed by atoms with Crippen LogP contribution in [0.4, 0.5) is 0 Å². The van der Waals surface area contributed by atoms with Crippen LogP contribution in [0, 0.1) is 0 Å². The van der Waals surface area contributed by atoms with Gasteiger partial charge in [-0.25, -0.2) is 0 Å². The molecular formula is C8H8CuO3. The molecule has 0 aliphatic heterocycles. The molecule has 1 radical (unpaired) electrons. The molecule has 0 aromatic heterocycles. The number of hydrogen-bond donors (Lipinski definition) is 2. The van der Waals surface area contributed by atoms with Gasteiger partial charge in [0, 0.05) is 22.6 Å². The second-order valence-electron chi connectivity index (χ2n) is 2.20. The topological polar surface area (TPSA) is 57.5 Å². The summed E-state index contributed by atoms with van der Waals surface area (Å²) in [5.74, 6) is -0.901. The number of rotatable bonds is 2. The van der Waals surface area contributed by atoms with Crippen LogP contribution in [0.25, 0.3) is 0 Å². The Morgan fingerprint density at radius 1 is 1.33 bits per heavy atom. The molecule has 1 aromatic rings. The van der Waals surface area contributed by atoms with Crippen LogP contribution in [-0.4, -0.2) is 16.2 Å². The van der Waals surface area contributed by atoms with E-state index >= 15 is 0 Å². The smallest absolute Gasteiger partial charge is 0.307 e. The van der Waals surface area contributed by atoms with Gasteiger partial charge in [0.2, 0.25) is 0 Å². The second-order valence-corrected chi connectivity index (χ2v) is 2.20. The van der Waals surface area contributed by atoms with E-state index in [9.17, 15) is 4.79 Å². The Labute approximate surface area is 80.5 Å². The normalized spacial score (nSPS) is 8.67. The number of aliphatic carboxylic acids is 1. The van der Waals surface area contributed by atoms with Crippen molar-refractivity contribution in [2.24, 2.45) is 0 Å². The third-order valence-electron chi connectivity index (χ3n) is 1.33. The summed E-state index contributed by atoms with van der Waals surface area (Å²) in [4.78, 5) is 10.2. The molecule has 0 aliphatic carbocycles. The van der Waals surface area contributed by atoms with E-state index in [4.69, 9.17) is 10.2 Å². The van der Waals surface area contributed by atoms with E-state index in [1.165, 1.54) is 6.07 Å². The van der Waals surface area contributed by atoms with Gasteiger partial charge >= 0.3 is 5.97 Å². The first-order valence-corrected chi connectivity index (χ1v) is 3.19. The number of benzene rings is 1. The van der Waals surface area contributed by atoms with Gasteiger partial charge in [-0.15, -0.1) is 0 Å². The molecule has 0 unspecified atom stereocenters. The number of phenolic OH excluding ortho intramolecular Hbond substituents is 1. The standard InChI is InChI=1S/C8H8O3.Cu/c9-7-4-2-1-3-6(7)5-8(10)11;/h1-4,9H,5H2,(H,10,11);. The van der Waals surface area contributed by atoms with Crippen molar-refractivity contribution in [3.8, 4) is 5.75 Å². The summed E-state index contributed by atoms with van der Waals surface area (Å²) in [6.07, 6.45) is -0.132. The van der Waals surface area contributed by atoms with Crippen molar-refractivity contribution in [3.05, 3.63) is 29.8 Å². The number of phenols is 1. The maximum absolute atomic E-state index is 10.2. The Bertz CT molecular complexity index is 273. The molecule has 0 atom stereocenters. The number of carbonyl (C=O) groups is 1. The van der Waals surface area contributed by atoms with Crippen LogP contribution < -0.4 is 0 Å². The molecule has 0 aliphatic rings. The van der Waals surface area contributed by atoms with Crippen molar-refractivity contribution in [2.75, 3.05) is 0 Å². The fourth-order valence-corrected chi connectivity index (χ4v) is 0.823. The summed E-state index contributed by atoms with van der Waals surface area (Å²) in [6.45, 7) is 0. The van der Waals surface area contributed by atoms with Gasteiger partial charge in [0.1, 0.15) is 5.75 Å². The van der Waals surface area contributed by atoms with Gasteiger partial charge in [-0.05, 0) is 6.07 Å². The minimum absolute atomic E-state index is 0. The summed E-state index contributed by atoms with van der Waals surface area (Å²) >= 11 is 0. The predicted octanol–water partition coefficient (Wildman–Crippen LogP) is 1.02. The molecule has 0 fully saturated rings. The van der Waals surface area contributed by atoms with Gasteiger partial charge in [-0.1, -0.05) is 18.2 Å². The van der Waals surface area contributed by atoms with Crippen LogP contribution in [0.2, 0.25) is 0 Å². The molecule has 0 saturated heterocycles.